The van der Waals surface area contributed by atoms with Crippen LogP contribution >= 0.6 is 0 Å². The highest BCUT2D eigenvalue weighted by Crippen LogP contribution is 2.62. The smallest absolute Gasteiger partial charge is 0.132 e. The molecular formula is C62H42N2O. The highest BCUT2D eigenvalue weighted by molar-refractivity contribution is 6.14. The van der Waals surface area contributed by atoms with E-state index in [1.54, 1.807) is 0 Å². The monoisotopic (exact) mass is 830 g/mol. The van der Waals surface area contributed by atoms with Crippen LogP contribution in [-0.2, 0) is 10.8 Å². The van der Waals surface area contributed by atoms with Crippen LogP contribution in [0.4, 0.5) is 17.1 Å². The number of anilines is 3. The van der Waals surface area contributed by atoms with Crippen molar-refractivity contribution in [3.8, 4) is 39.4 Å². The zero-order chi connectivity index (χ0) is 43.0. The molecule has 0 amide bonds. The zero-order valence-corrected chi connectivity index (χ0v) is 36.1. The van der Waals surface area contributed by atoms with Crippen molar-refractivity contribution in [2.75, 3.05) is 4.90 Å². The number of benzene rings is 10. The molecule has 14 rings (SSSR count). The van der Waals surface area contributed by atoms with Gasteiger partial charge in [-0.3, -0.25) is 0 Å². The van der Waals surface area contributed by atoms with Crippen LogP contribution in [-0.4, -0.2) is 4.57 Å². The molecule has 0 fully saturated rings. The van der Waals surface area contributed by atoms with Crippen LogP contribution in [0.2, 0.25) is 0 Å². The van der Waals surface area contributed by atoms with E-state index in [-0.39, 0.29) is 5.41 Å². The summed E-state index contributed by atoms with van der Waals surface area (Å²) in [5.74, 6) is 1.78. The summed E-state index contributed by atoms with van der Waals surface area (Å²) in [4.78, 5) is 2.56. The number of ether oxygens (including phenoxy) is 1. The second-order valence-electron chi connectivity index (χ2n) is 18.3. The van der Waals surface area contributed by atoms with Gasteiger partial charge in [-0.1, -0.05) is 172 Å². The SMILES string of the molecule is CC1(C)c2ccccc2-c2c(N(c3ccc4c(c3)c3ccccc3n4-c3ccccc3)c3ccc4c5c(cccc35)C3(c5ccccc5Oc5ccccc53)c3ccccc3-4)cccc21. The highest BCUT2D eigenvalue weighted by atomic mass is 16.5. The minimum absolute atomic E-state index is 0.166. The van der Waals surface area contributed by atoms with E-state index in [0.717, 1.165) is 39.7 Å². The Hall–Kier alpha value is -8.14. The summed E-state index contributed by atoms with van der Waals surface area (Å²) in [6.45, 7) is 4.75. The van der Waals surface area contributed by atoms with Crippen LogP contribution in [0.1, 0.15) is 47.2 Å². The number of hydrogen-bond donors (Lipinski definition) is 0. The van der Waals surface area contributed by atoms with E-state index in [1.165, 1.54) is 82.8 Å². The van der Waals surface area contributed by atoms with Crippen molar-refractivity contribution >= 4 is 49.6 Å². The van der Waals surface area contributed by atoms with Gasteiger partial charge in [-0.25, -0.2) is 0 Å². The molecule has 306 valence electrons. The number of aromatic nitrogens is 1. The fourth-order valence-corrected chi connectivity index (χ4v) is 12.2. The molecule has 3 aliphatic rings. The second-order valence-corrected chi connectivity index (χ2v) is 18.3. The van der Waals surface area contributed by atoms with Gasteiger partial charge >= 0.3 is 0 Å². The van der Waals surface area contributed by atoms with Gasteiger partial charge < -0.3 is 14.2 Å². The molecule has 0 atom stereocenters. The van der Waals surface area contributed by atoms with E-state index in [9.17, 15) is 0 Å². The molecule has 2 heterocycles. The number of para-hydroxylation sites is 4. The molecule has 1 aromatic heterocycles. The van der Waals surface area contributed by atoms with E-state index >= 15 is 0 Å². The molecular weight excluding hydrogens is 789 g/mol. The molecule has 1 spiro atoms. The fourth-order valence-electron chi connectivity index (χ4n) is 12.2. The van der Waals surface area contributed by atoms with E-state index < -0.39 is 5.41 Å². The van der Waals surface area contributed by atoms with Gasteiger partial charge in [0, 0.05) is 49.6 Å². The fraction of sp³-hybridized carbons (Fsp3) is 0.0645. The van der Waals surface area contributed by atoms with Crippen molar-refractivity contribution in [3.05, 3.63) is 252 Å². The Balaban J connectivity index is 1.11. The van der Waals surface area contributed by atoms with E-state index in [0.29, 0.717) is 0 Å². The van der Waals surface area contributed by atoms with Crippen molar-refractivity contribution in [3.63, 3.8) is 0 Å². The second kappa shape index (κ2) is 13.2. The first-order valence-electron chi connectivity index (χ1n) is 22.7. The maximum Gasteiger partial charge on any atom is 0.132 e. The molecule has 0 saturated heterocycles. The molecule has 3 nitrogen and oxygen atoms in total. The lowest BCUT2D eigenvalue weighted by molar-refractivity contribution is 0.435. The minimum Gasteiger partial charge on any atom is -0.457 e. The van der Waals surface area contributed by atoms with Gasteiger partial charge in [0.05, 0.1) is 27.8 Å². The lowest BCUT2D eigenvalue weighted by Crippen LogP contribution is -2.36. The van der Waals surface area contributed by atoms with Crippen LogP contribution in [0.25, 0.3) is 60.5 Å². The van der Waals surface area contributed by atoms with Crippen molar-refractivity contribution in [1.29, 1.82) is 0 Å². The first-order chi connectivity index (χ1) is 32.0. The summed E-state index contributed by atoms with van der Waals surface area (Å²) in [7, 11) is 0. The first kappa shape index (κ1) is 36.4. The number of nitrogens with zero attached hydrogens (tertiary/aromatic N) is 2. The number of rotatable bonds is 4. The van der Waals surface area contributed by atoms with Gasteiger partial charge in [-0.15, -0.1) is 0 Å². The third-order valence-electron chi connectivity index (χ3n) is 14.8. The molecule has 0 N–H and O–H groups in total. The average Bonchev–Trinajstić information content (AvgIpc) is 3.81. The third kappa shape index (κ3) is 4.74. The standard InChI is InChI=1S/C62H42N2O/c1-61(2)47-24-9-7-22-44(47)60-51(61)28-17-31-56(60)64(40-34-36-55-46(38-40)42-21-8-13-30-53(42)63(55)39-18-4-3-5-19-39)54-37-35-43-41-20-6-10-25-48(41)62(52-29-16-23-45(54)59(43)52)49-26-11-14-32-57(49)65-58-33-15-12-27-50(58)62/h3-38H,1-2H3. The Bertz CT molecular complexity index is 3750. The van der Waals surface area contributed by atoms with E-state index in [1.807, 2.05) is 0 Å². The predicted molar refractivity (Wildman–Crippen MR) is 268 cm³/mol. The summed E-state index contributed by atoms with van der Waals surface area (Å²) < 4.78 is 9.16. The quantitative estimate of drug-likeness (QED) is 0.176. The van der Waals surface area contributed by atoms with Gasteiger partial charge in [-0.2, -0.15) is 0 Å². The Morgan fingerprint density at radius 3 is 1.80 bits per heavy atom. The normalized spacial score (nSPS) is 14.4. The third-order valence-corrected chi connectivity index (χ3v) is 14.8. The van der Waals surface area contributed by atoms with E-state index in [4.69, 9.17) is 4.74 Å². The van der Waals surface area contributed by atoms with Crippen LogP contribution in [0, 0.1) is 0 Å². The lowest BCUT2D eigenvalue weighted by Gasteiger charge is -2.45. The van der Waals surface area contributed by atoms with Crippen LogP contribution in [0.3, 0.4) is 0 Å². The van der Waals surface area contributed by atoms with Crippen molar-refractivity contribution in [1.82, 2.24) is 4.57 Å². The molecule has 0 bridgehead atoms. The molecule has 0 radical (unpaired) electrons. The largest absolute Gasteiger partial charge is 0.457 e. The van der Waals surface area contributed by atoms with Gasteiger partial charge in [0.1, 0.15) is 11.5 Å². The van der Waals surface area contributed by atoms with Crippen molar-refractivity contribution < 1.29 is 4.74 Å². The Kier molecular flexibility index (Phi) is 7.38. The predicted octanol–water partition coefficient (Wildman–Crippen LogP) is 16.2. The zero-order valence-electron chi connectivity index (χ0n) is 36.1. The average molecular weight is 831 g/mol. The molecule has 2 aliphatic carbocycles. The maximum absolute atomic E-state index is 6.76. The summed E-state index contributed by atoms with van der Waals surface area (Å²) in [6.07, 6.45) is 0. The molecule has 11 aromatic rings. The summed E-state index contributed by atoms with van der Waals surface area (Å²) in [5, 5.41) is 4.90. The highest BCUT2D eigenvalue weighted by Gasteiger charge is 2.49. The molecule has 0 unspecified atom stereocenters. The maximum atomic E-state index is 6.76. The minimum atomic E-state index is -0.618. The number of fused-ring (bicyclic) bond motifs is 14. The molecule has 65 heavy (non-hydrogen) atoms. The van der Waals surface area contributed by atoms with Gasteiger partial charge in [0.25, 0.3) is 0 Å². The number of hydrogen-bond acceptors (Lipinski definition) is 2. The van der Waals surface area contributed by atoms with Gasteiger partial charge in [0.2, 0.25) is 0 Å². The summed E-state index contributed by atoms with van der Waals surface area (Å²) >= 11 is 0. The van der Waals surface area contributed by atoms with Crippen LogP contribution in [0.5, 0.6) is 11.5 Å². The molecule has 0 saturated carbocycles. The molecule has 1 aliphatic heterocycles. The summed E-state index contributed by atoms with van der Waals surface area (Å²) in [6, 6.07) is 80.7. The van der Waals surface area contributed by atoms with Crippen molar-refractivity contribution in [2.45, 2.75) is 24.7 Å². The summed E-state index contributed by atoms with van der Waals surface area (Å²) in [5.41, 5.74) is 18.8. The molecule has 3 heteroatoms. The van der Waals surface area contributed by atoms with Crippen molar-refractivity contribution in [2.24, 2.45) is 0 Å². The van der Waals surface area contributed by atoms with Crippen LogP contribution in [0.15, 0.2) is 218 Å². The Labute approximate surface area is 378 Å². The Morgan fingerprint density at radius 2 is 1.00 bits per heavy atom. The van der Waals surface area contributed by atoms with Gasteiger partial charge in [-0.05, 0) is 105 Å². The van der Waals surface area contributed by atoms with Crippen LogP contribution < -0.4 is 9.64 Å². The topological polar surface area (TPSA) is 17.4 Å². The first-order valence-corrected chi connectivity index (χ1v) is 22.7. The Morgan fingerprint density at radius 1 is 0.400 bits per heavy atom. The van der Waals surface area contributed by atoms with E-state index in [2.05, 4.69) is 242 Å². The molecule has 10 aromatic carbocycles. The lowest BCUT2D eigenvalue weighted by atomic mass is 9.58. The van der Waals surface area contributed by atoms with Gasteiger partial charge in [0.15, 0.2) is 0 Å².